The zero-order chi connectivity index (χ0) is 12.7. The predicted molar refractivity (Wildman–Crippen MR) is 71.2 cm³/mol. The lowest BCUT2D eigenvalue weighted by molar-refractivity contribution is 0.546. The van der Waals surface area contributed by atoms with Crippen LogP contribution < -0.4 is 4.90 Å². The molecular formula is C12H16ClN5. The standard InChI is InChI=1S/C12H16ClN5/c1-8-3-4-17(10(8)6-13)11-5-9(2)16-12-14-7-15-18(11)12/h5,7-8,10H,3-4,6H2,1-2H3. The monoisotopic (exact) mass is 265 g/mol. The number of fused-ring (bicyclic) bond motifs is 1. The second-order valence-corrected chi connectivity index (χ2v) is 5.22. The predicted octanol–water partition coefficient (Wildman–Crippen LogP) is 1.89. The molecule has 1 fully saturated rings. The Bertz CT molecular complexity index is 567. The number of anilines is 1. The highest BCUT2D eigenvalue weighted by Gasteiger charge is 2.32. The smallest absolute Gasteiger partial charge is 0.254 e. The van der Waals surface area contributed by atoms with Crippen LogP contribution in [0.1, 0.15) is 19.0 Å². The van der Waals surface area contributed by atoms with Gasteiger partial charge in [0.15, 0.2) is 0 Å². The molecule has 0 amide bonds. The molecule has 0 aromatic carbocycles. The number of aromatic nitrogens is 4. The number of aryl methyl sites for hydroxylation is 1. The van der Waals surface area contributed by atoms with Gasteiger partial charge in [0.1, 0.15) is 12.1 Å². The molecule has 1 saturated heterocycles. The molecule has 0 radical (unpaired) electrons. The van der Waals surface area contributed by atoms with E-state index in [9.17, 15) is 0 Å². The SMILES string of the molecule is Cc1cc(N2CCC(C)C2CCl)n2ncnc2n1. The molecule has 6 heteroatoms. The zero-order valence-electron chi connectivity index (χ0n) is 10.5. The minimum atomic E-state index is 0.362. The van der Waals surface area contributed by atoms with Crippen LogP contribution in [0, 0.1) is 12.8 Å². The van der Waals surface area contributed by atoms with Gasteiger partial charge < -0.3 is 4.90 Å². The van der Waals surface area contributed by atoms with Crippen molar-refractivity contribution >= 4 is 23.2 Å². The average Bonchev–Trinajstić information content (AvgIpc) is 2.93. The van der Waals surface area contributed by atoms with E-state index < -0.39 is 0 Å². The Labute approximate surface area is 111 Å². The van der Waals surface area contributed by atoms with Crippen LogP contribution in [0.25, 0.3) is 5.78 Å². The summed E-state index contributed by atoms with van der Waals surface area (Å²) in [6.07, 6.45) is 2.70. The number of alkyl halides is 1. The van der Waals surface area contributed by atoms with Crippen LogP contribution in [0.2, 0.25) is 0 Å². The van der Waals surface area contributed by atoms with Gasteiger partial charge in [0.05, 0.1) is 0 Å². The van der Waals surface area contributed by atoms with Gasteiger partial charge in [-0.05, 0) is 19.3 Å². The minimum Gasteiger partial charge on any atom is -0.352 e. The van der Waals surface area contributed by atoms with Crippen molar-refractivity contribution in [1.82, 2.24) is 19.6 Å². The Morgan fingerprint density at radius 1 is 1.50 bits per heavy atom. The highest BCUT2D eigenvalue weighted by Crippen LogP contribution is 2.30. The van der Waals surface area contributed by atoms with Gasteiger partial charge in [-0.25, -0.2) is 4.98 Å². The molecule has 5 nitrogen and oxygen atoms in total. The Morgan fingerprint density at radius 3 is 3.11 bits per heavy atom. The van der Waals surface area contributed by atoms with Gasteiger partial charge in [-0.2, -0.15) is 14.6 Å². The summed E-state index contributed by atoms with van der Waals surface area (Å²) in [5.74, 6) is 2.94. The second-order valence-electron chi connectivity index (χ2n) is 4.91. The Morgan fingerprint density at radius 2 is 2.33 bits per heavy atom. The summed E-state index contributed by atoms with van der Waals surface area (Å²) < 4.78 is 1.80. The molecule has 1 aliphatic rings. The maximum Gasteiger partial charge on any atom is 0.254 e. The second kappa shape index (κ2) is 4.39. The van der Waals surface area contributed by atoms with Crippen molar-refractivity contribution in [1.29, 1.82) is 0 Å². The summed E-state index contributed by atoms with van der Waals surface area (Å²) in [5, 5.41) is 4.26. The van der Waals surface area contributed by atoms with E-state index in [1.54, 1.807) is 10.8 Å². The highest BCUT2D eigenvalue weighted by atomic mass is 35.5. The number of hydrogen-bond donors (Lipinski definition) is 0. The molecule has 3 rings (SSSR count). The van der Waals surface area contributed by atoms with Crippen molar-refractivity contribution in [3.63, 3.8) is 0 Å². The van der Waals surface area contributed by atoms with E-state index in [-0.39, 0.29) is 0 Å². The number of halogens is 1. The summed E-state index contributed by atoms with van der Waals surface area (Å²) in [6.45, 7) is 5.24. The van der Waals surface area contributed by atoms with Gasteiger partial charge in [0.2, 0.25) is 0 Å². The van der Waals surface area contributed by atoms with Crippen molar-refractivity contribution in [3.8, 4) is 0 Å². The van der Waals surface area contributed by atoms with E-state index >= 15 is 0 Å². The van der Waals surface area contributed by atoms with E-state index in [0.29, 0.717) is 23.6 Å². The fourth-order valence-electron chi connectivity index (χ4n) is 2.64. The number of hydrogen-bond acceptors (Lipinski definition) is 4. The molecule has 0 spiro atoms. The summed E-state index contributed by atoms with van der Waals surface area (Å²) in [4.78, 5) is 10.9. The van der Waals surface area contributed by atoms with Gasteiger partial charge in [0.25, 0.3) is 5.78 Å². The molecule has 96 valence electrons. The van der Waals surface area contributed by atoms with Gasteiger partial charge in [-0.1, -0.05) is 6.92 Å². The van der Waals surface area contributed by atoms with Crippen LogP contribution in [-0.4, -0.2) is 38.0 Å². The molecule has 1 aliphatic heterocycles. The third-order valence-corrected chi connectivity index (χ3v) is 4.01. The van der Waals surface area contributed by atoms with Crippen LogP contribution in [0.15, 0.2) is 12.4 Å². The van der Waals surface area contributed by atoms with Gasteiger partial charge in [-0.15, -0.1) is 11.6 Å². The first kappa shape index (κ1) is 11.7. The molecule has 2 aromatic rings. The first-order chi connectivity index (χ1) is 8.70. The topological polar surface area (TPSA) is 46.3 Å². The molecule has 2 unspecified atom stereocenters. The number of rotatable bonds is 2. The van der Waals surface area contributed by atoms with Crippen molar-refractivity contribution in [2.24, 2.45) is 5.92 Å². The highest BCUT2D eigenvalue weighted by molar-refractivity contribution is 6.18. The van der Waals surface area contributed by atoms with E-state index in [1.807, 2.05) is 6.92 Å². The van der Waals surface area contributed by atoms with Crippen LogP contribution in [-0.2, 0) is 0 Å². The third-order valence-electron chi connectivity index (χ3n) is 3.70. The van der Waals surface area contributed by atoms with Crippen LogP contribution in [0.5, 0.6) is 0 Å². The first-order valence-electron chi connectivity index (χ1n) is 6.20. The fourth-order valence-corrected chi connectivity index (χ4v) is 3.11. The first-order valence-corrected chi connectivity index (χ1v) is 6.74. The molecule has 0 N–H and O–H groups in total. The van der Waals surface area contributed by atoms with Crippen molar-refractivity contribution in [2.45, 2.75) is 26.3 Å². The number of nitrogens with zero attached hydrogens (tertiary/aromatic N) is 5. The molecule has 18 heavy (non-hydrogen) atoms. The summed E-state index contributed by atoms with van der Waals surface area (Å²) >= 11 is 6.11. The maximum absolute atomic E-state index is 6.11. The average molecular weight is 266 g/mol. The van der Waals surface area contributed by atoms with E-state index in [2.05, 4.69) is 33.0 Å². The molecule has 2 atom stereocenters. The zero-order valence-corrected chi connectivity index (χ0v) is 11.3. The van der Waals surface area contributed by atoms with Gasteiger partial charge >= 0.3 is 0 Å². The lowest BCUT2D eigenvalue weighted by atomic mass is 10.1. The Balaban J connectivity index is 2.11. The van der Waals surface area contributed by atoms with Crippen molar-refractivity contribution in [3.05, 3.63) is 18.1 Å². The summed E-state index contributed by atoms with van der Waals surface area (Å²) in [7, 11) is 0. The summed E-state index contributed by atoms with van der Waals surface area (Å²) in [6, 6.07) is 2.42. The van der Waals surface area contributed by atoms with Crippen molar-refractivity contribution < 1.29 is 0 Å². The molecule has 0 bridgehead atoms. The Hall–Kier alpha value is -1.36. The van der Waals surface area contributed by atoms with Crippen LogP contribution >= 0.6 is 11.6 Å². The lowest BCUT2D eigenvalue weighted by Gasteiger charge is -2.27. The van der Waals surface area contributed by atoms with Crippen molar-refractivity contribution in [2.75, 3.05) is 17.3 Å². The minimum absolute atomic E-state index is 0.362. The molecule has 0 saturated carbocycles. The van der Waals surface area contributed by atoms with Gasteiger partial charge in [0, 0.05) is 30.2 Å². The summed E-state index contributed by atoms with van der Waals surface area (Å²) in [5.41, 5.74) is 0.957. The molecular weight excluding hydrogens is 250 g/mol. The quantitative estimate of drug-likeness (QED) is 0.778. The van der Waals surface area contributed by atoms with Gasteiger partial charge in [-0.3, -0.25) is 0 Å². The Kier molecular flexibility index (Phi) is 2.86. The van der Waals surface area contributed by atoms with E-state index in [1.165, 1.54) is 0 Å². The third kappa shape index (κ3) is 1.73. The maximum atomic E-state index is 6.11. The molecule has 0 aliphatic carbocycles. The van der Waals surface area contributed by atoms with E-state index in [4.69, 9.17) is 11.6 Å². The normalized spacial score (nSPS) is 24.1. The molecule has 3 heterocycles. The molecule has 2 aromatic heterocycles. The van der Waals surface area contributed by atoms with Crippen LogP contribution in [0.4, 0.5) is 5.82 Å². The largest absolute Gasteiger partial charge is 0.352 e. The lowest BCUT2D eigenvalue weighted by Crippen LogP contribution is -2.35. The van der Waals surface area contributed by atoms with E-state index in [0.717, 1.165) is 24.5 Å². The van der Waals surface area contributed by atoms with Crippen LogP contribution in [0.3, 0.4) is 0 Å². The fraction of sp³-hybridized carbons (Fsp3) is 0.583.